The lowest BCUT2D eigenvalue weighted by Crippen LogP contribution is -2.59. The van der Waals surface area contributed by atoms with Crippen LogP contribution in [0.5, 0.6) is 5.75 Å². The molecule has 2 heterocycles. The summed E-state index contributed by atoms with van der Waals surface area (Å²) >= 11 is 0. The van der Waals surface area contributed by atoms with Crippen molar-refractivity contribution in [3.05, 3.63) is 173 Å². The number of amides is 13. The lowest BCUT2D eigenvalue weighted by atomic mass is 9.94. The maximum Gasteiger partial charge on any atom is 0.326 e. The standard InChI is InChI=1S/C95H130N18O17/c96-40-19-5-14-32-71(88(121)104-72(33-15-20-41-97)89(122)105-74(35-17-22-43-99)91(124)107-76(95(128)129)36-18-23-44-100)103-90(123)73(34-16-21-42-98)106-92(125)75(39-45-114)102-82(115)51-101-83(116)56-130-81-46-61(93(126)112-52-67(84(117)108-77-47-63(77)57-24-6-1-7-25-57)68(53-112)85(118)109-78-48-64(78)58-26-8-2-9-27-58)37-38-62(81)94(127)113-54-69(86(119)110-79-49-65(79)59-28-10-3-11-29-59)70(55-113)87(120)111-80-50-66(80)60-30-12-4-13-31-60/h1-4,6-13,24-31,37-38,46,63-80,114H,5,14-23,32-36,39-45,47-56,96-100H2,(H,101,116)(H,102,115)(H,103,123)(H,104,121)(H,105,122)(H,106,125)(H,107,124)(H,108,117)(H,109,118)(H,110,119)(H,111,120)(H,128,129)/t63-,64-,65-,66-,67-,68-,69-,70-,71+,72+,73+,74+,75+,76+,77+,78+,79+,80+/m1/s1. The zero-order valence-corrected chi connectivity index (χ0v) is 73.8. The number of ether oxygens (including phenoxy) is 1. The molecule has 6 fully saturated rings. The van der Waals surface area contributed by atoms with Crippen molar-refractivity contribution in [2.75, 3.05) is 78.7 Å². The van der Waals surface area contributed by atoms with Crippen molar-refractivity contribution in [2.24, 2.45) is 52.3 Å². The van der Waals surface area contributed by atoms with Crippen molar-refractivity contribution < 1.29 is 82.1 Å². The van der Waals surface area contributed by atoms with Crippen molar-refractivity contribution in [2.45, 2.75) is 219 Å². The van der Waals surface area contributed by atoms with Crippen LogP contribution in [0.25, 0.3) is 0 Å². The van der Waals surface area contributed by atoms with Gasteiger partial charge in [-0.1, -0.05) is 134 Å². The molecule has 0 unspecified atom stereocenters. The quantitative estimate of drug-likeness (QED) is 0.0246. The summed E-state index contributed by atoms with van der Waals surface area (Å²) in [5.74, 6) is -14.4. The Morgan fingerprint density at radius 3 is 0.977 bits per heavy atom. The number of nitrogens with one attached hydrogen (secondary N) is 11. The molecule has 18 atom stereocenters. The fourth-order valence-corrected chi connectivity index (χ4v) is 17.5. The predicted molar refractivity (Wildman–Crippen MR) is 484 cm³/mol. The van der Waals surface area contributed by atoms with Gasteiger partial charge in [0.2, 0.25) is 59.1 Å². The van der Waals surface area contributed by atoms with Gasteiger partial charge in [-0.05, 0) is 195 Å². The SMILES string of the molecule is NCCCCC[C@H](NC(=O)[C@H](CCCCN)NC(=O)[C@H](CCO)NC(=O)CNC(=O)COc1cc(C(=O)N2C[C@@H](C(=O)N[C@H]3C[C@@H]3c3ccccc3)[C@H](C(=O)N[C@H]3C[C@@H]3c3ccccc3)C2)ccc1C(=O)N1C[C@@H](C(=O)N[C@H]2C[C@@H]2c2ccccc2)[C@H](C(=O)N[C@H]2C[C@@H]2c2ccccc2)C1)C(=O)N[C@@H](CCCCN)C(=O)N[C@@H](CCCCN)C(=O)N[C@@H](CCCCN)C(=O)O. The van der Waals surface area contributed by atoms with Crippen molar-refractivity contribution >= 4 is 82.8 Å². The average molecular weight is 1800 g/mol. The highest BCUT2D eigenvalue weighted by Gasteiger charge is 2.52. The summed E-state index contributed by atoms with van der Waals surface area (Å²) in [6, 6.07) is 33.9. The van der Waals surface area contributed by atoms with E-state index < -0.39 is 169 Å². The van der Waals surface area contributed by atoms with Crippen LogP contribution in [-0.2, 0) is 57.5 Å². The first-order chi connectivity index (χ1) is 62.9. The van der Waals surface area contributed by atoms with Crippen LogP contribution in [-0.4, -0.2) is 242 Å². The van der Waals surface area contributed by atoms with Crippen LogP contribution >= 0.6 is 0 Å². The van der Waals surface area contributed by atoms with Crippen LogP contribution in [0, 0.1) is 23.7 Å². The number of carbonyl (C=O) groups excluding carboxylic acids is 13. The fourth-order valence-electron chi connectivity index (χ4n) is 17.5. The van der Waals surface area contributed by atoms with Crippen molar-refractivity contribution in [1.82, 2.24) is 68.3 Å². The molecule has 702 valence electrons. The van der Waals surface area contributed by atoms with E-state index in [9.17, 15) is 67.7 Å². The van der Waals surface area contributed by atoms with Crippen molar-refractivity contribution in [1.29, 1.82) is 0 Å². The first kappa shape index (κ1) is 98.8. The van der Waals surface area contributed by atoms with Gasteiger partial charge in [0, 0.05) is 86.2 Å². The molecule has 35 nitrogen and oxygen atoms in total. The van der Waals surface area contributed by atoms with Crippen molar-refractivity contribution in [3.63, 3.8) is 0 Å². The Kier molecular flexibility index (Phi) is 37.5. The number of aliphatic hydroxyl groups is 1. The van der Waals surface area contributed by atoms with E-state index in [0.717, 1.165) is 22.3 Å². The van der Waals surface area contributed by atoms with Gasteiger partial charge in [0.1, 0.15) is 42.0 Å². The zero-order chi connectivity index (χ0) is 92.8. The van der Waals surface area contributed by atoms with Crippen molar-refractivity contribution in [3.8, 4) is 5.75 Å². The van der Waals surface area contributed by atoms with E-state index in [2.05, 4.69) is 58.5 Å². The van der Waals surface area contributed by atoms with Gasteiger partial charge in [-0.25, -0.2) is 4.79 Å². The van der Waals surface area contributed by atoms with Crippen LogP contribution in [0.2, 0.25) is 0 Å². The number of aliphatic carboxylic acids is 1. The lowest BCUT2D eigenvalue weighted by molar-refractivity contribution is -0.142. The molecule has 2 saturated heterocycles. The average Bonchev–Trinajstić information content (AvgIpc) is 1.61. The molecule has 0 aromatic heterocycles. The third kappa shape index (κ3) is 28.6. The van der Waals surface area contributed by atoms with Crippen LogP contribution < -0.4 is 91.9 Å². The Bertz CT molecular complexity index is 4530. The number of carboxylic acids is 1. The summed E-state index contributed by atoms with van der Waals surface area (Å²) in [4.78, 5) is 204. The molecule has 0 radical (unpaired) electrons. The van der Waals surface area contributed by atoms with E-state index in [1.54, 1.807) is 0 Å². The van der Waals surface area contributed by atoms with Crippen LogP contribution in [0.4, 0.5) is 0 Å². The van der Waals surface area contributed by atoms with Gasteiger partial charge in [-0.3, -0.25) is 62.3 Å². The second-order valence-electron chi connectivity index (χ2n) is 35.1. The molecule has 13 amide bonds. The number of hydrogen-bond donors (Lipinski definition) is 18. The highest BCUT2D eigenvalue weighted by molar-refractivity contribution is 6.03. The number of carbonyl (C=O) groups is 14. The third-order valence-electron chi connectivity index (χ3n) is 25.4. The Balaban J connectivity index is 0.789. The van der Waals surface area contributed by atoms with Gasteiger partial charge in [-0.2, -0.15) is 0 Å². The maximum absolute atomic E-state index is 15.4. The van der Waals surface area contributed by atoms with E-state index in [1.165, 1.54) is 28.0 Å². The summed E-state index contributed by atoms with van der Waals surface area (Å²) in [7, 11) is 0. The molecule has 5 aromatic rings. The molecule has 2 aliphatic heterocycles. The second kappa shape index (κ2) is 49.3. The number of aliphatic hydroxyl groups excluding tert-OH is 1. The van der Waals surface area contributed by atoms with Gasteiger partial charge < -0.3 is 112 Å². The predicted octanol–water partition coefficient (Wildman–Crippen LogP) is 1.66. The van der Waals surface area contributed by atoms with Gasteiger partial charge in [-0.15, -0.1) is 0 Å². The van der Waals surface area contributed by atoms with Crippen LogP contribution in [0.15, 0.2) is 140 Å². The summed E-state index contributed by atoms with van der Waals surface area (Å²) in [6.45, 7) is -1.80. The van der Waals surface area contributed by atoms with Crippen LogP contribution in [0.3, 0.4) is 0 Å². The molecular weight excluding hydrogens is 1670 g/mol. The smallest absolute Gasteiger partial charge is 0.326 e. The number of hydrogen-bond acceptors (Lipinski definition) is 21. The minimum Gasteiger partial charge on any atom is -0.483 e. The Morgan fingerprint density at radius 2 is 0.654 bits per heavy atom. The van der Waals surface area contributed by atoms with E-state index in [1.807, 2.05) is 121 Å². The lowest BCUT2D eigenvalue weighted by Gasteiger charge is -2.28. The number of likely N-dealkylation sites (tertiary alicyclic amines) is 2. The van der Waals surface area contributed by atoms with Crippen LogP contribution in [0.1, 0.15) is 201 Å². The fraction of sp³-hybridized carbons (Fsp3) is 0.537. The van der Waals surface area contributed by atoms with E-state index in [-0.39, 0.29) is 149 Å². The molecule has 0 bridgehead atoms. The molecule has 35 heteroatoms. The first-order valence-electron chi connectivity index (χ1n) is 46.1. The number of carboxylic acid groups (broad SMARTS) is 1. The molecule has 130 heavy (non-hydrogen) atoms. The second-order valence-corrected chi connectivity index (χ2v) is 35.1. The Morgan fingerprint density at radius 1 is 0.354 bits per heavy atom. The highest BCUT2D eigenvalue weighted by Crippen LogP contribution is 2.45. The molecule has 23 N–H and O–H groups in total. The van der Waals surface area contributed by atoms with E-state index >= 15 is 9.59 Å². The zero-order valence-electron chi connectivity index (χ0n) is 73.8. The minimum absolute atomic E-state index is 0.0306. The minimum atomic E-state index is -1.54. The molecule has 4 saturated carbocycles. The molecule has 0 spiro atoms. The van der Waals surface area contributed by atoms with Gasteiger partial charge in [0.25, 0.3) is 17.7 Å². The van der Waals surface area contributed by atoms with E-state index in [0.29, 0.717) is 103 Å². The molecule has 5 aromatic carbocycles. The number of benzene rings is 5. The molecular formula is C95H130N18O17. The number of rotatable bonds is 54. The number of unbranched alkanes of at least 4 members (excludes halogenated alkanes) is 6. The number of nitrogens with two attached hydrogens (primary N) is 5. The summed E-state index contributed by atoms with van der Waals surface area (Å²) < 4.78 is 6.23. The summed E-state index contributed by atoms with van der Waals surface area (Å²) in [5.41, 5.74) is 32.9. The Hall–Kier alpha value is -11.8. The Labute approximate surface area is 758 Å². The summed E-state index contributed by atoms with van der Waals surface area (Å²) in [6.07, 6.45) is 7.20. The van der Waals surface area contributed by atoms with Gasteiger partial charge >= 0.3 is 5.97 Å². The first-order valence-corrected chi connectivity index (χ1v) is 46.1. The third-order valence-corrected chi connectivity index (χ3v) is 25.4. The largest absolute Gasteiger partial charge is 0.483 e. The van der Waals surface area contributed by atoms with Gasteiger partial charge in [0.15, 0.2) is 6.61 Å². The molecule has 11 rings (SSSR count). The highest BCUT2D eigenvalue weighted by atomic mass is 16.5. The number of nitrogens with zero attached hydrogens (tertiary/aromatic N) is 2. The topological polar surface area (TPSA) is 558 Å². The summed E-state index contributed by atoms with van der Waals surface area (Å²) in [5, 5.41) is 51.3. The molecule has 6 aliphatic rings. The van der Waals surface area contributed by atoms with Gasteiger partial charge in [0.05, 0.1) is 35.8 Å². The van der Waals surface area contributed by atoms with E-state index in [4.69, 9.17) is 33.4 Å². The normalized spacial score (nSPS) is 22.2. The molecule has 4 aliphatic carbocycles. The maximum atomic E-state index is 15.4. The monoisotopic (exact) mass is 1790 g/mol.